The van der Waals surface area contributed by atoms with Crippen molar-refractivity contribution in [3.63, 3.8) is 0 Å². The molecule has 1 unspecified atom stereocenters. The van der Waals surface area contributed by atoms with Gasteiger partial charge in [0.15, 0.2) is 5.54 Å². The monoisotopic (exact) mass is 269 g/mol. The van der Waals surface area contributed by atoms with E-state index >= 15 is 0 Å². The fourth-order valence-corrected chi connectivity index (χ4v) is 2.02. The average Bonchev–Trinajstić information content (AvgIpc) is 2.34. The van der Waals surface area contributed by atoms with Crippen LogP contribution in [0.15, 0.2) is 24.3 Å². The second-order valence-corrected chi connectivity index (χ2v) is 4.62. The number of hydrogen-bond acceptors (Lipinski definition) is 2. The summed E-state index contributed by atoms with van der Waals surface area (Å²) in [5.41, 5.74) is -0.911. The Morgan fingerprint density at radius 1 is 1.56 bits per heavy atom. The number of carboxylic acid groups (broad SMARTS) is 1. The average molecular weight is 270 g/mol. The van der Waals surface area contributed by atoms with Crippen LogP contribution in [0.25, 0.3) is 0 Å². The van der Waals surface area contributed by atoms with Gasteiger partial charge in [0, 0.05) is 11.6 Å². The van der Waals surface area contributed by atoms with Crippen molar-refractivity contribution in [1.82, 2.24) is 4.90 Å². The van der Waals surface area contributed by atoms with Crippen LogP contribution in [0.4, 0.5) is 0 Å². The summed E-state index contributed by atoms with van der Waals surface area (Å²) in [5.74, 6) is -1.08. The highest BCUT2D eigenvalue weighted by atomic mass is 35.5. The Hall–Kier alpha value is -1.55. The lowest BCUT2D eigenvalue weighted by Gasteiger charge is -2.35. The second kappa shape index (κ2) is 5.87. The Balaban J connectivity index is 3.30. The van der Waals surface area contributed by atoms with E-state index < -0.39 is 11.5 Å². The maximum absolute atomic E-state index is 11.6. The highest BCUT2D eigenvalue weighted by molar-refractivity contribution is 6.30. The van der Waals surface area contributed by atoms with Gasteiger partial charge < -0.3 is 10.0 Å². The first-order valence-electron chi connectivity index (χ1n) is 5.68. The molecule has 0 aliphatic rings. The molecule has 0 radical (unpaired) electrons. The zero-order valence-corrected chi connectivity index (χ0v) is 11.1. The van der Waals surface area contributed by atoms with Crippen LogP contribution in [0.2, 0.25) is 5.02 Å². The van der Waals surface area contributed by atoms with E-state index in [9.17, 15) is 14.7 Å². The summed E-state index contributed by atoms with van der Waals surface area (Å²) >= 11 is 5.88. The zero-order chi connectivity index (χ0) is 13.8. The van der Waals surface area contributed by atoms with Gasteiger partial charge in [-0.25, -0.2) is 4.79 Å². The van der Waals surface area contributed by atoms with E-state index in [0.717, 1.165) is 0 Å². The number of amides is 1. The van der Waals surface area contributed by atoms with Gasteiger partial charge in [-0.1, -0.05) is 30.7 Å². The minimum atomic E-state index is -1.40. The molecule has 1 aromatic carbocycles. The minimum Gasteiger partial charge on any atom is -0.479 e. The largest absolute Gasteiger partial charge is 0.479 e. The fourth-order valence-electron chi connectivity index (χ4n) is 1.83. The molecule has 5 heteroatoms. The Kier molecular flexibility index (Phi) is 4.73. The fraction of sp³-hybridized carbons (Fsp3) is 0.385. The van der Waals surface area contributed by atoms with Gasteiger partial charge in [0.05, 0.1) is 0 Å². The normalized spacial score (nSPS) is 13.7. The molecule has 98 valence electrons. The summed E-state index contributed by atoms with van der Waals surface area (Å²) in [6.45, 7) is 3.76. The SMILES string of the molecule is CCCN(C=O)C(C)(C(=O)O)c1cccc(Cl)c1. The Morgan fingerprint density at radius 3 is 2.67 bits per heavy atom. The predicted molar refractivity (Wildman–Crippen MR) is 69.5 cm³/mol. The van der Waals surface area contributed by atoms with Crippen LogP contribution in [-0.2, 0) is 15.1 Å². The van der Waals surface area contributed by atoms with Gasteiger partial charge in [-0.3, -0.25) is 4.79 Å². The highest BCUT2D eigenvalue weighted by Crippen LogP contribution is 2.29. The molecule has 1 aromatic rings. The number of nitrogens with zero attached hydrogens (tertiary/aromatic N) is 1. The third-order valence-corrected chi connectivity index (χ3v) is 3.20. The quantitative estimate of drug-likeness (QED) is 0.808. The summed E-state index contributed by atoms with van der Waals surface area (Å²) in [7, 11) is 0. The number of aliphatic carboxylic acids is 1. The maximum atomic E-state index is 11.6. The van der Waals surface area contributed by atoms with Crippen LogP contribution < -0.4 is 0 Å². The van der Waals surface area contributed by atoms with E-state index in [4.69, 9.17) is 11.6 Å². The van der Waals surface area contributed by atoms with E-state index in [1.165, 1.54) is 11.8 Å². The van der Waals surface area contributed by atoms with Crippen LogP contribution >= 0.6 is 11.6 Å². The summed E-state index contributed by atoms with van der Waals surface area (Å²) in [6.07, 6.45) is 1.25. The van der Waals surface area contributed by atoms with E-state index in [-0.39, 0.29) is 0 Å². The molecule has 0 aliphatic heterocycles. The molecular formula is C13H16ClNO3. The van der Waals surface area contributed by atoms with Crippen LogP contribution in [0.3, 0.4) is 0 Å². The Morgan fingerprint density at radius 2 is 2.22 bits per heavy atom. The molecule has 1 N–H and O–H groups in total. The molecule has 0 bridgehead atoms. The number of benzene rings is 1. The Bertz CT molecular complexity index is 450. The maximum Gasteiger partial charge on any atom is 0.334 e. The lowest BCUT2D eigenvalue weighted by molar-refractivity contribution is -0.154. The van der Waals surface area contributed by atoms with Gasteiger partial charge in [0.2, 0.25) is 6.41 Å². The van der Waals surface area contributed by atoms with Crippen molar-refractivity contribution in [1.29, 1.82) is 0 Å². The number of hydrogen-bond donors (Lipinski definition) is 1. The number of rotatable bonds is 6. The number of carbonyl (C=O) groups is 2. The minimum absolute atomic E-state index is 0.374. The van der Waals surface area contributed by atoms with Gasteiger partial charge in [-0.2, -0.15) is 0 Å². The Labute approximate surface area is 111 Å². The van der Waals surface area contributed by atoms with Crippen molar-refractivity contribution in [3.05, 3.63) is 34.9 Å². The van der Waals surface area contributed by atoms with E-state index in [1.54, 1.807) is 24.3 Å². The lowest BCUT2D eigenvalue weighted by Crippen LogP contribution is -2.49. The van der Waals surface area contributed by atoms with Crippen molar-refractivity contribution < 1.29 is 14.7 Å². The summed E-state index contributed by atoms with van der Waals surface area (Å²) < 4.78 is 0. The third-order valence-electron chi connectivity index (χ3n) is 2.97. The summed E-state index contributed by atoms with van der Waals surface area (Å²) in [4.78, 5) is 24.0. The third kappa shape index (κ3) is 2.64. The first-order valence-corrected chi connectivity index (χ1v) is 6.06. The second-order valence-electron chi connectivity index (χ2n) is 4.19. The number of halogens is 1. The molecule has 0 aliphatic carbocycles. The molecule has 1 atom stereocenters. The lowest BCUT2D eigenvalue weighted by atomic mass is 9.90. The van der Waals surface area contributed by atoms with Crippen LogP contribution in [0, 0.1) is 0 Å². The molecule has 0 heterocycles. The van der Waals surface area contributed by atoms with Crippen molar-refractivity contribution in [2.75, 3.05) is 6.54 Å². The molecule has 0 spiro atoms. The van der Waals surface area contributed by atoms with Gasteiger partial charge in [-0.05, 0) is 31.0 Å². The van der Waals surface area contributed by atoms with Crippen LogP contribution in [-0.4, -0.2) is 28.9 Å². The van der Waals surface area contributed by atoms with E-state index in [2.05, 4.69) is 0 Å². The van der Waals surface area contributed by atoms with Crippen molar-refractivity contribution in [2.45, 2.75) is 25.8 Å². The number of carboxylic acids is 1. The summed E-state index contributed by atoms with van der Waals surface area (Å²) in [6, 6.07) is 6.57. The van der Waals surface area contributed by atoms with Gasteiger partial charge in [0.1, 0.15) is 0 Å². The van der Waals surface area contributed by atoms with Gasteiger partial charge in [-0.15, -0.1) is 0 Å². The molecule has 4 nitrogen and oxygen atoms in total. The van der Waals surface area contributed by atoms with E-state index in [0.29, 0.717) is 30.0 Å². The molecular weight excluding hydrogens is 254 g/mol. The van der Waals surface area contributed by atoms with Gasteiger partial charge >= 0.3 is 5.97 Å². The molecule has 1 amide bonds. The van der Waals surface area contributed by atoms with Crippen LogP contribution in [0.1, 0.15) is 25.8 Å². The topological polar surface area (TPSA) is 57.6 Å². The van der Waals surface area contributed by atoms with Crippen molar-refractivity contribution >= 4 is 24.0 Å². The number of carbonyl (C=O) groups excluding carboxylic acids is 1. The highest BCUT2D eigenvalue weighted by Gasteiger charge is 2.40. The molecule has 0 saturated heterocycles. The first kappa shape index (κ1) is 14.5. The smallest absolute Gasteiger partial charge is 0.334 e. The van der Waals surface area contributed by atoms with Crippen LogP contribution in [0.5, 0.6) is 0 Å². The van der Waals surface area contributed by atoms with Crippen molar-refractivity contribution in [2.24, 2.45) is 0 Å². The standard InChI is InChI=1S/C13H16ClNO3/c1-3-7-15(9-16)13(2,12(17)18)10-5-4-6-11(14)8-10/h4-6,8-9H,3,7H2,1-2H3,(H,17,18). The molecule has 0 fully saturated rings. The molecule has 1 rings (SSSR count). The molecule has 0 saturated carbocycles. The zero-order valence-electron chi connectivity index (χ0n) is 10.4. The molecule has 0 aromatic heterocycles. The van der Waals surface area contributed by atoms with Gasteiger partial charge in [0.25, 0.3) is 0 Å². The summed E-state index contributed by atoms with van der Waals surface area (Å²) in [5, 5.41) is 9.91. The van der Waals surface area contributed by atoms with E-state index in [1.807, 2.05) is 6.92 Å². The first-order chi connectivity index (χ1) is 8.46. The predicted octanol–water partition coefficient (Wildman–Crippen LogP) is 2.51. The van der Waals surface area contributed by atoms with Crippen molar-refractivity contribution in [3.8, 4) is 0 Å². The molecule has 18 heavy (non-hydrogen) atoms.